The van der Waals surface area contributed by atoms with Gasteiger partial charge in [0.1, 0.15) is 45.4 Å². The number of carbonyl (C=O) groups is 6. The quantitative estimate of drug-likeness (QED) is 0.00991. The summed E-state index contributed by atoms with van der Waals surface area (Å²) in [6, 6.07) is 57.8. The highest BCUT2D eigenvalue weighted by Gasteiger charge is 2.32. The lowest BCUT2D eigenvalue weighted by molar-refractivity contribution is 0.140. The summed E-state index contributed by atoms with van der Waals surface area (Å²) < 4.78 is 149. The minimum absolute atomic E-state index is 0.00393. The largest absolute Gasteiger partial charge is 0.493 e. The zero-order valence-electron chi connectivity index (χ0n) is 82.0. The van der Waals surface area contributed by atoms with Crippen molar-refractivity contribution in [3.63, 3.8) is 0 Å². The fraction of sp³-hybridized carbons (Fsp3) is 0.264. The maximum atomic E-state index is 14.0. The molecule has 6 amide bonds. The van der Waals surface area contributed by atoms with Gasteiger partial charge in [-0.1, -0.05) is 110 Å². The summed E-state index contributed by atoms with van der Waals surface area (Å²) in [5, 5.41) is 71.7. The first-order valence-corrected chi connectivity index (χ1v) is 44.4. The Kier molecular flexibility index (Phi) is 43.6. The average molecular weight is 2000 g/mol. The molecule has 144 heavy (non-hydrogen) atoms. The van der Waals surface area contributed by atoms with Crippen LogP contribution in [0.4, 0.5) is 89.2 Å². The first-order valence-electron chi connectivity index (χ1n) is 44.4. The fourth-order valence-electron chi connectivity index (χ4n) is 13.9. The third-order valence-corrected chi connectivity index (χ3v) is 21.6. The average Bonchev–Trinajstić information content (AvgIpc) is 1.70. The molecular formula is C106H114F6N6O26. The van der Waals surface area contributed by atoms with Gasteiger partial charge < -0.3 is 66.7 Å². The Hall–Kier alpha value is -15.8. The third kappa shape index (κ3) is 31.6. The van der Waals surface area contributed by atoms with Crippen molar-refractivity contribution in [1.82, 2.24) is 0 Å². The summed E-state index contributed by atoms with van der Waals surface area (Å²) in [7, 11) is 6.97. The lowest BCUT2D eigenvalue weighted by Crippen LogP contribution is -2.28. The van der Waals surface area contributed by atoms with Gasteiger partial charge >= 0.3 is 36.6 Å². The van der Waals surface area contributed by atoms with Gasteiger partial charge in [-0.3, -0.25) is 31.2 Å². The molecule has 0 radical (unpaired) electrons. The molecule has 0 spiro atoms. The van der Waals surface area contributed by atoms with Crippen LogP contribution >= 0.6 is 0 Å². The van der Waals surface area contributed by atoms with Crippen LogP contribution in [-0.4, -0.2) is 122 Å². The number of carbonyl (C=O) groups excluding carboxylic acids is 6. The van der Waals surface area contributed by atoms with E-state index >= 15 is 0 Å². The van der Waals surface area contributed by atoms with E-state index in [1.807, 2.05) is 19.1 Å². The van der Waals surface area contributed by atoms with Crippen molar-refractivity contribution in [3.05, 3.63) is 348 Å². The van der Waals surface area contributed by atoms with E-state index in [0.717, 1.165) is 82.7 Å². The molecule has 0 heterocycles. The molecule has 0 aliphatic heterocycles. The smallest absolute Gasteiger partial charge is 0.438 e. The van der Waals surface area contributed by atoms with E-state index in [0.29, 0.717) is 94.0 Å². The molecule has 32 nitrogen and oxygen atoms in total. The van der Waals surface area contributed by atoms with Crippen LogP contribution in [0.1, 0.15) is 127 Å². The number of aryl methyl sites for hydroxylation is 9. The Bertz CT molecular complexity index is 6150. The maximum Gasteiger partial charge on any atom is 0.438 e. The van der Waals surface area contributed by atoms with Crippen LogP contribution in [0.25, 0.3) is 0 Å². The summed E-state index contributed by atoms with van der Waals surface area (Å²) in [6.45, 7) is 17.8. The molecule has 13 rings (SSSR count). The van der Waals surface area contributed by atoms with E-state index in [1.54, 1.807) is 208 Å². The highest BCUT2D eigenvalue weighted by molar-refractivity contribution is 5.90. The Labute approximate surface area is 828 Å². The molecule has 0 atom stereocenters. The van der Waals surface area contributed by atoms with Crippen molar-refractivity contribution in [1.29, 1.82) is 0 Å². The van der Waals surface area contributed by atoms with Crippen molar-refractivity contribution in [3.8, 4) is 40.2 Å². The molecule has 766 valence electrons. The first-order chi connectivity index (χ1) is 68.8. The van der Waals surface area contributed by atoms with Crippen molar-refractivity contribution in [2.24, 2.45) is 0 Å². The molecule has 1 aliphatic rings. The van der Waals surface area contributed by atoms with Crippen molar-refractivity contribution in [2.75, 3.05) is 79.6 Å². The third-order valence-electron chi connectivity index (χ3n) is 21.6. The Morgan fingerprint density at radius 3 is 0.771 bits per heavy atom. The first kappa shape index (κ1) is 113. The summed E-state index contributed by atoms with van der Waals surface area (Å²) in [4.78, 5) is 69.4. The number of hydrogen-bond acceptors (Lipinski definition) is 26. The number of anilines is 6. The molecule has 1 fully saturated rings. The van der Waals surface area contributed by atoms with Gasteiger partial charge in [0.2, 0.25) is 0 Å². The zero-order valence-corrected chi connectivity index (χ0v) is 82.0. The number of hydroxylamine groups is 6. The van der Waals surface area contributed by atoms with Gasteiger partial charge in [-0.2, -0.15) is 30.4 Å². The van der Waals surface area contributed by atoms with Crippen LogP contribution in [0.5, 0.6) is 40.2 Å². The highest BCUT2D eigenvalue weighted by Crippen LogP contribution is 2.45. The van der Waals surface area contributed by atoms with Crippen LogP contribution in [-0.2, 0) is 81.1 Å². The number of aliphatic hydroxyl groups excluding tert-OH is 1. The highest BCUT2D eigenvalue weighted by atomic mass is 19.1. The molecule has 7 N–H and O–H groups in total. The second kappa shape index (κ2) is 55.4. The molecule has 0 aromatic heterocycles. The maximum absolute atomic E-state index is 14.0. The van der Waals surface area contributed by atoms with E-state index in [2.05, 4.69) is 28.4 Å². The summed E-state index contributed by atoms with van der Waals surface area (Å²) >= 11 is 0. The van der Waals surface area contributed by atoms with Gasteiger partial charge in [-0.25, -0.2) is 55.1 Å². The molecule has 0 unspecified atom stereocenters. The van der Waals surface area contributed by atoms with Gasteiger partial charge in [0, 0.05) is 27.8 Å². The molecule has 12 aromatic rings. The number of amides is 6. The van der Waals surface area contributed by atoms with Crippen LogP contribution in [0, 0.1) is 90.3 Å². The minimum atomic E-state index is -0.993. The van der Waals surface area contributed by atoms with Gasteiger partial charge in [-0.15, -0.1) is 0 Å². The normalized spacial score (nSPS) is 10.9. The molecule has 1 saturated carbocycles. The number of benzene rings is 12. The fourth-order valence-corrected chi connectivity index (χ4v) is 13.9. The topological polar surface area (TPSA) is 383 Å². The SMILES string of the molecule is CCOc1cccc(N(O)C(=O)OC)c1COc1ccc(C)cc1F.CCc1cccc(N(O)C(=O)OC)c1COc1ccc(C)cc1F.COC(=O)N(O)c1cccc(C)c1COc1ccc(C)cc1F.COC(=O)N(O)c1cccc(C)c1COc1ccc(C)cc1F.COC(=O)N(O)c1cccc(C2CC2)c1COc1ccc(C)cc1F.COC(=O)N(O)c1cccc(CO)c1COc1ccc(C)cc1F. The van der Waals surface area contributed by atoms with E-state index in [4.69, 9.17) is 33.2 Å². The predicted octanol–water partition coefficient (Wildman–Crippen LogP) is 24.0. The molecule has 0 bridgehead atoms. The Balaban J connectivity index is 0.000000211. The van der Waals surface area contributed by atoms with Gasteiger partial charge in [-0.05, 0) is 264 Å². The van der Waals surface area contributed by atoms with Crippen molar-refractivity contribution >= 4 is 70.7 Å². The Morgan fingerprint density at radius 2 is 0.507 bits per heavy atom. The molecule has 12 aromatic carbocycles. The molecule has 1 aliphatic carbocycles. The number of methoxy groups -OCH3 is 6. The van der Waals surface area contributed by atoms with Gasteiger partial charge in [0.15, 0.2) is 69.4 Å². The van der Waals surface area contributed by atoms with Gasteiger partial charge in [0.05, 0.1) is 95.6 Å². The Morgan fingerprint density at radius 1 is 0.278 bits per heavy atom. The van der Waals surface area contributed by atoms with Gasteiger partial charge in [0.25, 0.3) is 0 Å². The number of rotatable bonds is 29. The summed E-state index contributed by atoms with van der Waals surface area (Å²) in [5.41, 5.74) is 12.9. The number of hydrogen-bond donors (Lipinski definition) is 7. The van der Waals surface area contributed by atoms with Crippen molar-refractivity contribution < 1.29 is 153 Å². The predicted molar refractivity (Wildman–Crippen MR) is 519 cm³/mol. The minimum Gasteiger partial charge on any atom is -0.493 e. The summed E-state index contributed by atoms with van der Waals surface area (Å²) in [6.07, 6.45) is -2.85. The standard InChI is InChI=1S/C19H20FNO4.C18H20FNO5.C18H20FNO4.C17H18FNO5.2C17H18FNO4/c1-12-6-9-18(16(20)10-12)25-11-15-14(13-7-8-13)4-3-5-17(15)21(23)19(22)24-2;1-4-24-16-7-5-6-15(20(22)18(21)23-3)13(16)11-25-17-9-8-12(2)10-14(17)19;1-4-13-6-5-7-16(20(22)18(21)23-3)14(13)11-24-17-9-8-12(2)10-15(17)19;1-11-6-7-16(14(18)8-11)24-10-13-12(9-20)4-3-5-15(13)19(22)17(21)23-2;2*1-11-7-8-16(14(18)9-11)23-10-13-12(2)5-4-6-15(13)19(21)17(20)22-3/h3-6,9-10,13,23H,7-8,11H2,1-2H3;5-10,22H,4,11H2,1-3H3;5-10,22H,4,11H2,1-3H3;3-8,20,22H,9-10H2,1-2H3;2*4-9,21H,10H2,1-3H3. The van der Waals surface area contributed by atoms with Crippen LogP contribution in [0.2, 0.25) is 0 Å². The molecule has 0 saturated heterocycles. The van der Waals surface area contributed by atoms with E-state index in [1.165, 1.54) is 89.1 Å². The van der Waals surface area contributed by atoms with Crippen LogP contribution < -0.4 is 63.5 Å². The van der Waals surface area contributed by atoms with E-state index < -0.39 is 71.5 Å². The van der Waals surface area contributed by atoms with Crippen LogP contribution in [0.15, 0.2) is 218 Å². The summed E-state index contributed by atoms with van der Waals surface area (Å²) in [5.74, 6) is -1.53. The number of halogens is 6. The van der Waals surface area contributed by atoms with Crippen molar-refractivity contribution in [2.45, 2.75) is 141 Å². The van der Waals surface area contributed by atoms with E-state index in [-0.39, 0.29) is 115 Å². The molecule has 38 heteroatoms. The van der Waals surface area contributed by atoms with Crippen LogP contribution in [0.3, 0.4) is 0 Å². The number of ether oxygens (including phenoxy) is 13. The number of nitrogens with zero attached hydrogens (tertiary/aromatic N) is 6. The monoisotopic (exact) mass is 2000 g/mol. The molecular weight excluding hydrogens is 1890 g/mol. The van der Waals surface area contributed by atoms with E-state index in [9.17, 15) is 91.5 Å². The zero-order chi connectivity index (χ0) is 106. The second-order valence-electron chi connectivity index (χ2n) is 31.8. The second-order valence-corrected chi connectivity index (χ2v) is 31.8. The lowest BCUT2D eigenvalue weighted by atomic mass is 10.0. The lowest BCUT2D eigenvalue weighted by Gasteiger charge is -2.20. The number of aliphatic hydroxyl groups is 1.